The number of rotatable bonds is 6. The monoisotopic (exact) mass is 529 g/mol. The van der Waals surface area contributed by atoms with Gasteiger partial charge in [0.25, 0.3) is 5.91 Å². The first-order chi connectivity index (χ1) is 18.6. The minimum atomic E-state index is -0.375. The van der Waals surface area contributed by atoms with Gasteiger partial charge in [0.05, 0.1) is 11.4 Å². The second-order valence-corrected chi connectivity index (χ2v) is 9.75. The summed E-state index contributed by atoms with van der Waals surface area (Å²) in [5.74, 6) is 0.572. The number of hydrogen-bond acceptors (Lipinski definition) is 9. The third kappa shape index (κ3) is 5.13. The number of para-hydroxylation sites is 2. The van der Waals surface area contributed by atoms with Crippen molar-refractivity contribution in [2.75, 3.05) is 54.5 Å². The Kier molecular flexibility index (Phi) is 6.80. The summed E-state index contributed by atoms with van der Waals surface area (Å²) in [4.78, 5) is 22.2. The Bertz CT molecular complexity index is 1370. The van der Waals surface area contributed by atoms with Crippen LogP contribution in [0.4, 0.5) is 22.7 Å². The van der Waals surface area contributed by atoms with Gasteiger partial charge in [0.2, 0.25) is 6.17 Å². The summed E-state index contributed by atoms with van der Waals surface area (Å²) in [5, 5.41) is 17.2. The summed E-state index contributed by atoms with van der Waals surface area (Å²) in [5.41, 5.74) is 7.25. The van der Waals surface area contributed by atoms with E-state index in [0.717, 1.165) is 60.5 Å². The van der Waals surface area contributed by atoms with Gasteiger partial charge in [-0.25, -0.2) is 10.0 Å². The first-order valence-corrected chi connectivity index (χ1v) is 13.0. The number of amidine groups is 1. The number of carbonyl (C=O) groups excluding carboxylic acids is 1. The molecule has 3 aliphatic rings. The smallest absolute Gasteiger partial charge is 0.251 e. The van der Waals surface area contributed by atoms with Gasteiger partial charge in [-0.3, -0.25) is 9.69 Å². The summed E-state index contributed by atoms with van der Waals surface area (Å²) in [6, 6.07) is 23.2. The third-order valence-electron chi connectivity index (χ3n) is 6.87. The maximum atomic E-state index is 12.7. The summed E-state index contributed by atoms with van der Waals surface area (Å²) < 4.78 is 0. The number of carbonyl (C=O) groups is 1. The van der Waals surface area contributed by atoms with Crippen LogP contribution in [-0.4, -0.2) is 62.1 Å². The quantitative estimate of drug-likeness (QED) is 0.445. The molecule has 1 fully saturated rings. The van der Waals surface area contributed by atoms with Gasteiger partial charge in [-0.15, -0.1) is 5.11 Å². The Morgan fingerprint density at radius 2 is 1.82 bits per heavy atom. The predicted octanol–water partition coefficient (Wildman–Crippen LogP) is 4.07. The molecule has 1 amide bonds. The predicted molar refractivity (Wildman–Crippen MR) is 150 cm³/mol. The Morgan fingerprint density at radius 3 is 2.63 bits per heavy atom. The highest BCUT2D eigenvalue weighted by molar-refractivity contribution is 6.30. The van der Waals surface area contributed by atoms with Crippen molar-refractivity contribution in [3.8, 4) is 0 Å². The van der Waals surface area contributed by atoms with Crippen molar-refractivity contribution in [3.05, 3.63) is 83.4 Å². The Hall–Kier alpha value is -4.15. The van der Waals surface area contributed by atoms with Crippen LogP contribution in [0.25, 0.3) is 0 Å². The average molecular weight is 530 g/mol. The van der Waals surface area contributed by atoms with Crippen molar-refractivity contribution < 1.29 is 4.79 Å². The molecule has 194 valence electrons. The van der Waals surface area contributed by atoms with E-state index < -0.39 is 0 Å². The molecule has 3 N–H and O–H groups in total. The molecule has 1 saturated heterocycles. The van der Waals surface area contributed by atoms with Crippen LogP contribution in [0.3, 0.4) is 0 Å². The van der Waals surface area contributed by atoms with Gasteiger partial charge in [0, 0.05) is 61.2 Å². The minimum absolute atomic E-state index is 0.0852. The molecule has 6 rings (SSSR count). The van der Waals surface area contributed by atoms with Crippen LogP contribution in [0.15, 0.2) is 88.1 Å². The first kappa shape index (κ1) is 24.2. The van der Waals surface area contributed by atoms with Crippen LogP contribution >= 0.6 is 11.6 Å². The SMILES string of the molecule is O=C(NCCN1CCN(c2cccc(Cl)c2)CC1)c1ccc(NC2=Nc3ccccc3N3NN=NC23)cc1. The number of hydrazine groups is 1. The van der Waals surface area contributed by atoms with Gasteiger partial charge in [-0.1, -0.05) is 35.0 Å². The van der Waals surface area contributed by atoms with E-state index in [0.29, 0.717) is 17.9 Å². The van der Waals surface area contributed by atoms with E-state index in [1.165, 1.54) is 0 Å². The maximum Gasteiger partial charge on any atom is 0.251 e. The van der Waals surface area contributed by atoms with Gasteiger partial charge in [-0.05, 0) is 54.6 Å². The van der Waals surface area contributed by atoms with E-state index in [-0.39, 0.29) is 12.1 Å². The zero-order valence-corrected chi connectivity index (χ0v) is 21.5. The number of nitrogens with one attached hydrogen (secondary N) is 3. The number of benzene rings is 3. The fourth-order valence-electron chi connectivity index (χ4n) is 4.82. The van der Waals surface area contributed by atoms with E-state index in [1.807, 2.05) is 71.7 Å². The van der Waals surface area contributed by atoms with Crippen molar-refractivity contribution in [2.24, 2.45) is 15.3 Å². The highest BCUT2D eigenvalue weighted by Gasteiger charge is 2.33. The topological polar surface area (TPSA) is 100.0 Å². The fraction of sp³-hybridized carbons (Fsp3) is 0.259. The van der Waals surface area contributed by atoms with E-state index >= 15 is 0 Å². The summed E-state index contributed by atoms with van der Waals surface area (Å²) in [6.07, 6.45) is -0.375. The molecular weight excluding hydrogens is 502 g/mol. The zero-order chi connectivity index (χ0) is 25.9. The van der Waals surface area contributed by atoms with Crippen LogP contribution in [-0.2, 0) is 0 Å². The lowest BCUT2D eigenvalue weighted by Gasteiger charge is -2.36. The summed E-state index contributed by atoms with van der Waals surface area (Å²) >= 11 is 6.13. The maximum absolute atomic E-state index is 12.7. The molecule has 0 aromatic heterocycles. The molecule has 3 heterocycles. The molecule has 10 nitrogen and oxygen atoms in total. The second kappa shape index (κ2) is 10.7. The Morgan fingerprint density at radius 1 is 1.00 bits per heavy atom. The van der Waals surface area contributed by atoms with E-state index in [4.69, 9.17) is 16.6 Å². The molecule has 0 bridgehead atoms. The standard InChI is InChI=1S/C27H28ClN9O/c28-20-4-3-5-22(18-20)36-16-14-35(15-17-36)13-12-29-27(38)19-8-10-21(11-9-19)30-25-26-32-33-34-37(26)24-7-2-1-6-23(24)31-25/h1-11,18,26H,12-17H2,(H,29,38)(H,30,31)(H,32,34). The van der Waals surface area contributed by atoms with Gasteiger partial charge < -0.3 is 15.5 Å². The van der Waals surface area contributed by atoms with Gasteiger partial charge >= 0.3 is 0 Å². The van der Waals surface area contributed by atoms with Gasteiger partial charge in [0.1, 0.15) is 0 Å². The molecule has 0 saturated carbocycles. The molecule has 3 aliphatic heterocycles. The summed E-state index contributed by atoms with van der Waals surface area (Å²) in [6.45, 7) is 5.19. The second-order valence-electron chi connectivity index (χ2n) is 9.31. The van der Waals surface area contributed by atoms with Crippen molar-refractivity contribution in [3.63, 3.8) is 0 Å². The molecule has 0 spiro atoms. The van der Waals surface area contributed by atoms with Crippen LogP contribution in [0.5, 0.6) is 0 Å². The van der Waals surface area contributed by atoms with E-state index in [1.54, 1.807) is 0 Å². The number of piperazine rings is 1. The van der Waals surface area contributed by atoms with Crippen LogP contribution in [0.1, 0.15) is 10.4 Å². The molecule has 11 heteroatoms. The average Bonchev–Trinajstić information content (AvgIpc) is 3.45. The third-order valence-corrected chi connectivity index (χ3v) is 7.10. The fourth-order valence-corrected chi connectivity index (χ4v) is 5.01. The molecule has 3 aromatic rings. The van der Waals surface area contributed by atoms with Gasteiger partial charge in [-0.2, -0.15) is 5.53 Å². The molecule has 1 unspecified atom stereocenters. The molecular formula is C27H28ClN9O. The van der Waals surface area contributed by atoms with Gasteiger partial charge in [0.15, 0.2) is 5.84 Å². The lowest BCUT2D eigenvalue weighted by molar-refractivity contribution is 0.0948. The first-order valence-electron chi connectivity index (χ1n) is 12.6. The number of anilines is 3. The van der Waals surface area contributed by atoms with Crippen molar-refractivity contribution in [2.45, 2.75) is 6.17 Å². The molecule has 38 heavy (non-hydrogen) atoms. The highest BCUT2D eigenvalue weighted by atomic mass is 35.5. The molecule has 1 atom stereocenters. The number of hydrogen-bond donors (Lipinski definition) is 3. The van der Waals surface area contributed by atoms with Crippen LogP contribution in [0.2, 0.25) is 5.02 Å². The molecule has 0 radical (unpaired) electrons. The van der Waals surface area contributed by atoms with Crippen molar-refractivity contribution in [1.29, 1.82) is 0 Å². The molecule has 0 aliphatic carbocycles. The highest BCUT2D eigenvalue weighted by Crippen LogP contribution is 2.35. The van der Waals surface area contributed by atoms with Crippen LogP contribution in [0, 0.1) is 0 Å². The lowest BCUT2D eigenvalue weighted by atomic mass is 10.1. The number of aliphatic imine (C=N–C) groups is 1. The Balaban J connectivity index is 0.990. The van der Waals surface area contributed by atoms with Crippen LogP contribution < -0.4 is 26.1 Å². The van der Waals surface area contributed by atoms with E-state index in [2.05, 4.69) is 42.4 Å². The minimum Gasteiger partial charge on any atom is -0.369 e. The number of fused-ring (bicyclic) bond motifs is 3. The van der Waals surface area contributed by atoms with Crippen molar-refractivity contribution in [1.82, 2.24) is 15.8 Å². The zero-order valence-electron chi connectivity index (χ0n) is 20.7. The number of amides is 1. The summed E-state index contributed by atoms with van der Waals surface area (Å²) in [7, 11) is 0. The van der Waals surface area contributed by atoms with Crippen molar-refractivity contribution >= 4 is 46.1 Å². The normalized spacial score (nSPS) is 18.3. The number of halogens is 1. The van der Waals surface area contributed by atoms with E-state index in [9.17, 15) is 4.79 Å². The number of nitrogens with zero attached hydrogens (tertiary/aromatic N) is 6. The Labute approximate surface area is 225 Å². The molecule has 3 aromatic carbocycles. The largest absolute Gasteiger partial charge is 0.369 e. The lowest BCUT2D eigenvalue weighted by Crippen LogP contribution is -2.48.